The number of nitrogens with zero attached hydrogens (tertiary/aromatic N) is 1. The molecule has 0 aliphatic carbocycles. The predicted molar refractivity (Wildman–Crippen MR) is 98.9 cm³/mol. The summed E-state index contributed by atoms with van der Waals surface area (Å²) >= 11 is 0. The summed E-state index contributed by atoms with van der Waals surface area (Å²) in [7, 11) is 0. The summed E-state index contributed by atoms with van der Waals surface area (Å²) in [5.74, 6) is -1.26. The van der Waals surface area contributed by atoms with Crippen molar-refractivity contribution in [1.82, 2.24) is 4.98 Å². The lowest BCUT2D eigenvalue weighted by Crippen LogP contribution is -2.16. The number of nitrogens with one attached hydrogen (secondary N) is 1. The van der Waals surface area contributed by atoms with Crippen LogP contribution in [0.5, 0.6) is 0 Å². The van der Waals surface area contributed by atoms with Crippen LogP contribution < -0.4 is 5.32 Å². The summed E-state index contributed by atoms with van der Waals surface area (Å²) in [5, 5.41) is 2.75. The van der Waals surface area contributed by atoms with Gasteiger partial charge in [-0.15, -0.1) is 0 Å². The Morgan fingerprint density at radius 1 is 1.16 bits per heavy atom. The van der Waals surface area contributed by atoms with Crippen molar-refractivity contribution in [2.45, 2.75) is 6.92 Å². The van der Waals surface area contributed by atoms with Crippen molar-refractivity contribution in [2.75, 3.05) is 5.32 Å². The van der Waals surface area contributed by atoms with Gasteiger partial charge in [-0.3, -0.25) is 4.79 Å². The van der Waals surface area contributed by atoms with E-state index in [1.54, 1.807) is 6.07 Å². The van der Waals surface area contributed by atoms with E-state index in [0.29, 0.717) is 11.3 Å². The molecule has 3 rings (SSSR count). The first-order valence-electron chi connectivity index (χ1n) is 7.84. The van der Waals surface area contributed by atoms with Gasteiger partial charge >= 0.3 is 0 Å². The molecule has 3 nitrogen and oxygen atoms in total. The summed E-state index contributed by atoms with van der Waals surface area (Å²) < 4.78 is 14.1. The van der Waals surface area contributed by atoms with E-state index in [-0.39, 0.29) is 5.69 Å². The maximum atomic E-state index is 14.1. The van der Waals surface area contributed by atoms with Crippen LogP contribution in [0.1, 0.15) is 21.6 Å². The standard InChI is InChI=1S/C21H17FN2O/c1-3-15-12-18(22)20(23-13-15)21(25)24-19-11-7-10-17(14(19)2)16-8-5-4-6-9-16/h3-13H,1H2,2H3,(H,24,25). The van der Waals surface area contributed by atoms with Gasteiger partial charge in [-0.25, -0.2) is 9.37 Å². The molecule has 1 heterocycles. The largest absolute Gasteiger partial charge is 0.320 e. The molecule has 0 saturated carbocycles. The molecule has 0 aliphatic rings. The lowest BCUT2D eigenvalue weighted by Gasteiger charge is -2.13. The summed E-state index contributed by atoms with van der Waals surface area (Å²) in [6, 6.07) is 16.7. The lowest BCUT2D eigenvalue weighted by atomic mass is 9.99. The van der Waals surface area contributed by atoms with Gasteiger partial charge in [0.1, 0.15) is 0 Å². The van der Waals surface area contributed by atoms with Crippen molar-refractivity contribution >= 4 is 17.7 Å². The summed E-state index contributed by atoms with van der Waals surface area (Å²) in [6.45, 7) is 5.48. The summed E-state index contributed by atoms with van der Waals surface area (Å²) in [5.41, 5.74) is 3.88. The molecule has 0 aliphatic heterocycles. The molecule has 25 heavy (non-hydrogen) atoms. The quantitative estimate of drug-likeness (QED) is 0.723. The fourth-order valence-electron chi connectivity index (χ4n) is 2.61. The number of anilines is 1. The molecular formula is C21H17FN2O. The Morgan fingerprint density at radius 2 is 1.92 bits per heavy atom. The normalized spacial score (nSPS) is 10.3. The Kier molecular flexibility index (Phi) is 4.70. The molecular weight excluding hydrogens is 315 g/mol. The number of benzene rings is 2. The van der Waals surface area contributed by atoms with Gasteiger partial charge in [0.05, 0.1) is 0 Å². The van der Waals surface area contributed by atoms with Gasteiger partial charge in [0, 0.05) is 11.9 Å². The highest BCUT2D eigenvalue weighted by molar-refractivity contribution is 6.04. The molecule has 1 N–H and O–H groups in total. The monoisotopic (exact) mass is 332 g/mol. The Hall–Kier alpha value is -3.27. The molecule has 0 bridgehead atoms. The average Bonchev–Trinajstić information content (AvgIpc) is 2.64. The highest BCUT2D eigenvalue weighted by Crippen LogP contribution is 2.28. The van der Waals surface area contributed by atoms with E-state index < -0.39 is 11.7 Å². The first kappa shape index (κ1) is 16.6. The zero-order valence-corrected chi connectivity index (χ0v) is 13.8. The van der Waals surface area contributed by atoms with Crippen molar-refractivity contribution < 1.29 is 9.18 Å². The van der Waals surface area contributed by atoms with Gasteiger partial charge in [-0.05, 0) is 41.3 Å². The zero-order chi connectivity index (χ0) is 17.8. The Morgan fingerprint density at radius 3 is 2.60 bits per heavy atom. The van der Waals surface area contributed by atoms with Crippen LogP contribution in [0.3, 0.4) is 0 Å². The van der Waals surface area contributed by atoms with Gasteiger partial charge in [0.25, 0.3) is 5.91 Å². The van der Waals surface area contributed by atoms with Crippen molar-refractivity contribution in [3.05, 3.63) is 90.0 Å². The SMILES string of the molecule is C=Cc1cnc(C(=O)Nc2cccc(-c3ccccc3)c2C)c(F)c1. The van der Waals surface area contributed by atoms with Crippen LogP contribution in [0.25, 0.3) is 17.2 Å². The number of amides is 1. The first-order valence-corrected chi connectivity index (χ1v) is 7.84. The second-order valence-electron chi connectivity index (χ2n) is 5.60. The number of halogens is 1. The van der Waals surface area contributed by atoms with Crippen molar-refractivity contribution in [3.63, 3.8) is 0 Å². The van der Waals surface area contributed by atoms with E-state index in [9.17, 15) is 9.18 Å². The van der Waals surface area contributed by atoms with Crippen LogP contribution in [-0.4, -0.2) is 10.9 Å². The minimum Gasteiger partial charge on any atom is -0.320 e. The van der Waals surface area contributed by atoms with E-state index >= 15 is 0 Å². The minimum atomic E-state index is -0.674. The first-order chi connectivity index (χ1) is 12.1. The third-order valence-corrected chi connectivity index (χ3v) is 3.98. The molecule has 1 aromatic heterocycles. The lowest BCUT2D eigenvalue weighted by molar-refractivity contribution is 0.101. The smallest absolute Gasteiger partial charge is 0.277 e. The van der Waals surface area contributed by atoms with E-state index in [4.69, 9.17) is 0 Å². The zero-order valence-electron chi connectivity index (χ0n) is 13.8. The molecule has 1 amide bonds. The van der Waals surface area contributed by atoms with Crippen LogP contribution in [0.4, 0.5) is 10.1 Å². The number of aromatic nitrogens is 1. The van der Waals surface area contributed by atoms with Gasteiger partial charge in [0.2, 0.25) is 0 Å². The van der Waals surface area contributed by atoms with Crippen LogP contribution in [0.15, 0.2) is 67.4 Å². The van der Waals surface area contributed by atoms with E-state index in [0.717, 1.165) is 16.7 Å². The van der Waals surface area contributed by atoms with E-state index in [1.165, 1.54) is 18.3 Å². The van der Waals surface area contributed by atoms with Crippen molar-refractivity contribution in [3.8, 4) is 11.1 Å². The molecule has 0 atom stereocenters. The van der Waals surface area contributed by atoms with E-state index in [1.807, 2.05) is 49.4 Å². The molecule has 0 radical (unpaired) electrons. The van der Waals surface area contributed by atoms with Crippen LogP contribution >= 0.6 is 0 Å². The maximum absolute atomic E-state index is 14.1. The van der Waals surface area contributed by atoms with Crippen LogP contribution in [0, 0.1) is 12.7 Å². The number of hydrogen-bond acceptors (Lipinski definition) is 2. The maximum Gasteiger partial charge on any atom is 0.277 e. The number of carbonyl (C=O) groups is 1. The third-order valence-electron chi connectivity index (χ3n) is 3.98. The van der Waals surface area contributed by atoms with Gasteiger partial charge in [-0.1, -0.05) is 55.1 Å². The van der Waals surface area contributed by atoms with Crippen LogP contribution in [-0.2, 0) is 0 Å². The Balaban J connectivity index is 1.91. The Bertz CT molecular complexity index is 936. The minimum absolute atomic E-state index is 0.241. The topological polar surface area (TPSA) is 42.0 Å². The highest BCUT2D eigenvalue weighted by atomic mass is 19.1. The Labute approximate surface area is 145 Å². The van der Waals surface area contributed by atoms with E-state index in [2.05, 4.69) is 16.9 Å². The molecule has 0 spiro atoms. The third kappa shape index (κ3) is 3.48. The van der Waals surface area contributed by atoms with Crippen molar-refractivity contribution in [1.29, 1.82) is 0 Å². The second kappa shape index (κ2) is 7.09. The molecule has 0 fully saturated rings. The summed E-state index contributed by atoms with van der Waals surface area (Å²) in [6.07, 6.45) is 2.89. The van der Waals surface area contributed by atoms with Crippen molar-refractivity contribution in [2.24, 2.45) is 0 Å². The second-order valence-corrected chi connectivity index (χ2v) is 5.60. The fourth-order valence-corrected chi connectivity index (χ4v) is 2.61. The predicted octanol–water partition coefficient (Wildman–Crippen LogP) is 5.09. The number of pyridine rings is 1. The van der Waals surface area contributed by atoms with Gasteiger partial charge in [0.15, 0.2) is 11.5 Å². The molecule has 2 aromatic carbocycles. The van der Waals surface area contributed by atoms with Crippen LogP contribution in [0.2, 0.25) is 0 Å². The molecule has 124 valence electrons. The number of rotatable bonds is 4. The number of carbonyl (C=O) groups excluding carboxylic acids is 1. The molecule has 3 aromatic rings. The average molecular weight is 332 g/mol. The molecule has 0 unspecified atom stereocenters. The summed E-state index contributed by atoms with van der Waals surface area (Å²) in [4.78, 5) is 16.3. The number of hydrogen-bond donors (Lipinski definition) is 1. The fraction of sp³-hybridized carbons (Fsp3) is 0.0476. The molecule has 0 saturated heterocycles. The van der Waals surface area contributed by atoms with Gasteiger partial charge < -0.3 is 5.32 Å². The van der Waals surface area contributed by atoms with Gasteiger partial charge in [-0.2, -0.15) is 0 Å². The molecule has 4 heteroatoms. The highest BCUT2D eigenvalue weighted by Gasteiger charge is 2.16.